The molecular formula is C24H23FN2O5S. The SMILES string of the molecule is Cc1ccc(NC(=O)COC(=O)[C@H](Cc2ccccc2)NS(=O)(=O)c2ccccc2F)cc1. The number of amides is 1. The third-order valence-corrected chi connectivity index (χ3v) is 6.18. The number of benzene rings is 3. The molecule has 1 amide bonds. The van der Waals surface area contributed by atoms with Crippen molar-refractivity contribution in [2.24, 2.45) is 0 Å². The Kier molecular flexibility index (Phi) is 7.92. The van der Waals surface area contributed by atoms with E-state index in [1.54, 1.807) is 42.5 Å². The molecule has 0 unspecified atom stereocenters. The minimum Gasteiger partial charge on any atom is -0.454 e. The third-order valence-electron chi connectivity index (χ3n) is 4.67. The van der Waals surface area contributed by atoms with Crippen LogP contribution in [0.3, 0.4) is 0 Å². The van der Waals surface area contributed by atoms with Gasteiger partial charge in [0.15, 0.2) is 6.61 Å². The summed E-state index contributed by atoms with van der Waals surface area (Å²) in [6, 6.07) is 19.2. The Labute approximate surface area is 191 Å². The molecule has 9 heteroatoms. The fourth-order valence-electron chi connectivity index (χ4n) is 3.01. The Hall–Kier alpha value is -3.56. The average Bonchev–Trinajstić information content (AvgIpc) is 2.79. The third kappa shape index (κ3) is 6.96. The van der Waals surface area contributed by atoms with E-state index in [1.165, 1.54) is 12.1 Å². The maximum atomic E-state index is 14.1. The molecule has 0 bridgehead atoms. The lowest BCUT2D eigenvalue weighted by molar-refractivity contribution is -0.149. The summed E-state index contributed by atoms with van der Waals surface area (Å²) in [4.78, 5) is 24.3. The molecule has 0 heterocycles. The van der Waals surface area contributed by atoms with Gasteiger partial charge in [-0.2, -0.15) is 4.72 Å². The van der Waals surface area contributed by atoms with Gasteiger partial charge in [-0.1, -0.05) is 60.2 Å². The van der Waals surface area contributed by atoms with Crippen LogP contribution in [0.5, 0.6) is 0 Å². The summed E-state index contributed by atoms with van der Waals surface area (Å²) in [5.74, 6) is -2.49. The number of hydrogen-bond acceptors (Lipinski definition) is 5. The Bertz CT molecular complexity index is 1220. The maximum Gasteiger partial charge on any atom is 0.325 e. The van der Waals surface area contributed by atoms with Crippen molar-refractivity contribution in [3.63, 3.8) is 0 Å². The molecule has 2 N–H and O–H groups in total. The number of ether oxygens (including phenoxy) is 1. The molecule has 0 saturated carbocycles. The molecule has 3 aromatic carbocycles. The zero-order valence-corrected chi connectivity index (χ0v) is 18.6. The molecule has 172 valence electrons. The number of esters is 1. The van der Waals surface area contributed by atoms with Gasteiger partial charge in [0.05, 0.1) is 0 Å². The van der Waals surface area contributed by atoms with Gasteiger partial charge < -0.3 is 10.1 Å². The lowest BCUT2D eigenvalue weighted by atomic mass is 10.1. The van der Waals surface area contributed by atoms with Crippen molar-refractivity contribution in [2.45, 2.75) is 24.3 Å². The van der Waals surface area contributed by atoms with E-state index in [0.29, 0.717) is 11.3 Å². The molecule has 0 aromatic heterocycles. The van der Waals surface area contributed by atoms with E-state index in [9.17, 15) is 22.4 Å². The first-order valence-electron chi connectivity index (χ1n) is 10.1. The standard InChI is InChI=1S/C24H23FN2O5S/c1-17-11-13-19(14-12-17)26-23(28)16-32-24(29)21(15-18-7-3-2-4-8-18)27-33(30,31)22-10-6-5-9-20(22)25/h2-14,21,27H,15-16H2,1H3,(H,26,28)/t21-/m0/s1. The van der Waals surface area contributed by atoms with Gasteiger partial charge in [0.25, 0.3) is 5.91 Å². The number of sulfonamides is 1. The van der Waals surface area contributed by atoms with Crippen molar-refractivity contribution >= 4 is 27.6 Å². The van der Waals surface area contributed by atoms with Crippen LogP contribution in [0, 0.1) is 12.7 Å². The highest BCUT2D eigenvalue weighted by atomic mass is 32.2. The molecule has 1 atom stereocenters. The van der Waals surface area contributed by atoms with E-state index in [1.807, 2.05) is 19.1 Å². The Balaban J connectivity index is 1.71. The van der Waals surface area contributed by atoms with Crippen LogP contribution >= 0.6 is 0 Å². The second-order valence-electron chi connectivity index (χ2n) is 7.32. The van der Waals surface area contributed by atoms with Gasteiger partial charge in [0, 0.05) is 5.69 Å². The van der Waals surface area contributed by atoms with E-state index in [0.717, 1.165) is 17.7 Å². The zero-order valence-electron chi connectivity index (χ0n) is 17.8. The van der Waals surface area contributed by atoms with E-state index in [2.05, 4.69) is 10.0 Å². The molecule has 0 fully saturated rings. The van der Waals surface area contributed by atoms with Gasteiger partial charge in [0.2, 0.25) is 10.0 Å². The Morgan fingerprint density at radius 1 is 0.939 bits per heavy atom. The van der Waals surface area contributed by atoms with Crippen LogP contribution in [0.1, 0.15) is 11.1 Å². The molecular weight excluding hydrogens is 447 g/mol. The van der Waals surface area contributed by atoms with Crippen LogP contribution in [0.4, 0.5) is 10.1 Å². The summed E-state index contributed by atoms with van der Waals surface area (Å²) < 4.78 is 46.8. The normalized spacial score (nSPS) is 12.1. The predicted octanol–water partition coefficient (Wildman–Crippen LogP) is 3.21. The monoisotopic (exact) mass is 470 g/mol. The van der Waals surface area contributed by atoms with E-state index < -0.39 is 45.3 Å². The van der Waals surface area contributed by atoms with E-state index >= 15 is 0 Å². The molecule has 3 rings (SSSR count). The van der Waals surface area contributed by atoms with Crippen LogP contribution in [-0.4, -0.2) is 32.9 Å². The van der Waals surface area contributed by atoms with Gasteiger partial charge in [-0.25, -0.2) is 12.8 Å². The highest BCUT2D eigenvalue weighted by molar-refractivity contribution is 7.89. The lowest BCUT2D eigenvalue weighted by Gasteiger charge is -2.18. The lowest BCUT2D eigenvalue weighted by Crippen LogP contribution is -2.44. The average molecular weight is 471 g/mol. The number of aryl methyl sites for hydroxylation is 1. The van der Waals surface area contributed by atoms with Gasteiger partial charge in [-0.05, 0) is 43.2 Å². The largest absolute Gasteiger partial charge is 0.454 e. The first-order chi connectivity index (χ1) is 15.7. The smallest absolute Gasteiger partial charge is 0.325 e. The van der Waals surface area contributed by atoms with Crippen molar-refractivity contribution in [3.8, 4) is 0 Å². The molecule has 7 nitrogen and oxygen atoms in total. The molecule has 0 saturated heterocycles. The molecule has 0 aliphatic rings. The van der Waals surface area contributed by atoms with Crippen LogP contribution in [-0.2, 0) is 30.8 Å². The first kappa shape index (κ1) is 24.1. The van der Waals surface area contributed by atoms with Crippen LogP contribution < -0.4 is 10.0 Å². The summed E-state index contributed by atoms with van der Waals surface area (Å²) in [6.45, 7) is 1.29. The van der Waals surface area contributed by atoms with Crippen molar-refractivity contribution in [1.82, 2.24) is 4.72 Å². The molecule has 33 heavy (non-hydrogen) atoms. The number of hydrogen-bond donors (Lipinski definition) is 2. The van der Waals surface area contributed by atoms with Gasteiger partial charge >= 0.3 is 5.97 Å². The van der Waals surface area contributed by atoms with Crippen LogP contribution in [0.25, 0.3) is 0 Å². The summed E-state index contributed by atoms with van der Waals surface area (Å²) >= 11 is 0. The summed E-state index contributed by atoms with van der Waals surface area (Å²) in [6.07, 6.45) is -0.0487. The first-order valence-corrected chi connectivity index (χ1v) is 11.6. The van der Waals surface area contributed by atoms with Gasteiger partial charge in [-0.15, -0.1) is 0 Å². The molecule has 0 aliphatic carbocycles. The minimum absolute atomic E-state index is 0.0487. The second kappa shape index (κ2) is 10.8. The molecule has 3 aromatic rings. The predicted molar refractivity (Wildman–Crippen MR) is 121 cm³/mol. The summed E-state index contributed by atoms with van der Waals surface area (Å²) in [5.41, 5.74) is 2.20. The Morgan fingerprint density at radius 3 is 2.24 bits per heavy atom. The number of carbonyl (C=O) groups is 2. The van der Waals surface area contributed by atoms with Crippen molar-refractivity contribution in [1.29, 1.82) is 0 Å². The topological polar surface area (TPSA) is 102 Å². The van der Waals surface area contributed by atoms with Crippen LogP contribution in [0.15, 0.2) is 83.8 Å². The fourth-order valence-corrected chi connectivity index (χ4v) is 4.27. The van der Waals surface area contributed by atoms with E-state index in [4.69, 9.17) is 4.74 Å². The fraction of sp³-hybridized carbons (Fsp3) is 0.167. The Morgan fingerprint density at radius 2 is 1.58 bits per heavy atom. The quantitative estimate of drug-likeness (QED) is 0.468. The van der Waals surface area contributed by atoms with Gasteiger partial charge in [-0.3, -0.25) is 9.59 Å². The zero-order chi connectivity index (χ0) is 23.8. The number of anilines is 1. The molecule has 0 aliphatic heterocycles. The number of nitrogens with one attached hydrogen (secondary N) is 2. The van der Waals surface area contributed by atoms with Crippen molar-refractivity contribution in [2.75, 3.05) is 11.9 Å². The summed E-state index contributed by atoms with van der Waals surface area (Å²) in [7, 11) is -4.37. The van der Waals surface area contributed by atoms with Crippen LogP contribution in [0.2, 0.25) is 0 Å². The van der Waals surface area contributed by atoms with Crippen molar-refractivity contribution < 1.29 is 27.1 Å². The minimum atomic E-state index is -4.37. The number of rotatable bonds is 9. The van der Waals surface area contributed by atoms with Crippen molar-refractivity contribution in [3.05, 3.63) is 95.8 Å². The van der Waals surface area contributed by atoms with E-state index in [-0.39, 0.29) is 6.42 Å². The highest BCUT2D eigenvalue weighted by Crippen LogP contribution is 2.15. The number of carbonyl (C=O) groups excluding carboxylic acids is 2. The summed E-state index contributed by atoms with van der Waals surface area (Å²) in [5, 5.41) is 2.59. The number of halogens is 1. The maximum absolute atomic E-state index is 14.1. The highest BCUT2D eigenvalue weighted by Gasteiger charge is 2.29. The molecule has 0 radical (unpaired) electrons. The molecule has 0 spiro atoms. The van der Waals surface area contributed by atoms with Gasteiger partial charge in [0.1, 0.15) is 16.8 Å². The second-order valence-corrected chi connectivity index (χ2v) is 9.00.